The molecule has 5 saturated carbocycles. The highest BCUT2D eigenvalue weighted by molar-refractivity contribution is 5.87. The number of nitrogens with zero attached hydrogens (tertiary/aromatic N) is 2. The molecule has 5 aliphatic carbocycles. The highest BCUT2D eigenvalue weighted by atomic mass is 19.1. The van der Waals surface area contributed by atoms with Crippen molar-refractivity contribution in [3.8, 4) is 0 Å². The van der Waals surface area contributed by atoms with Crippen molar-refractivity contribution in [1.29, 1.82) is 0 Å². The van der Waals surface area contributed by atoms with E-state index < -0.39 is 17.7 Å². The molecule has 0 radical (unpaired) electrons. The zero-order chi connectivity index (χ0) is 36.3. The number of carbonyl (C=O) groups excluding carboxylic acids is 2. The maximum Gasteiger partial charge on any atom is 0.357 e. The quantitative estimate of drug-likeness (QED) is 0.310. The minimum atomic E-state index is -0.665. The molecule has 1 aromatic heterocycles. The van der Waals surface area contributed by atoms with Crippen molar-refractivity contribution in [2.45, 2.75) is 124 Å². The van der Waals surface area contributed by atoms with Crippen molar-refractivity contribution >= 4 is 11.9 Å². The molecule has 1 amide bonds. The van der Waals surface area contributed by atoms with Crippen LogP contribution < -0.4 is 0 Å². The highest BCUT2D eigenvalue weighted by Crippen LogP contribution is 2.89. The molecule has 1 aliphatic heterocycles. The minimum absolute atomic E-state index is 0.0950. The molecule has 1 N–H and O–H groups in total. The van der Waals surface area contributed by atoms with Gasteiger partial charge in [-0.15, -0.1) is 0 Å². The van der Waals surface area contributed by atoms with Gasteiger partial charge in [-0.2, -0.15) is 0 Å². The summed E-state index contributed by atoms with van der Waals surface area (Å²) >= 11 is 0. The van der Waals surface area contributed by atoms with Gasteiger partial charge in [0, 0.05) is 43.1 Å². The lowest BCUT2D eigenvalue weighted by Crippen LogP contribution is -2.60. The predicted octanol–water partition coefficient (Wildman–Crippen LogP) is 7.75. The molecule has 7 nitrogen and oxygen atoms in total. The molecule has 2 aromatic rings. The predicted molar refractivity (Wildman–Crippen MR) is 187 cm³/mol. The van der Waals surface area contributed by atoms with E-state index >= 15 is 0 Å². The smallest absolute Gasteiger partial charge is 0.357 e. The zero-order valence-electron chi connectivity index (χ0n) is 31.0. The second-order valence-electron chi connectivity index (χ2n) is 18.4. The van der Waals surface area contributed by atoms with E-state index in [1.807, 2.05) is 6.07 Å². The number of aliphatic hydroxyl groups excluding tert-OH is 1. The van der Waals surface area contributed by atoms with Gasteiger partial charge in [0.2, 0.25) is 5.91 Å². The van der Waals surface area contributed by atoms with Crippen LogP contribution >= 0.6 is 0 Å². The summed E-state index contributed by atoms with van der Waals surface area (Å²) in [5, 5.41) is 12.6. The van der Waals surface area contributed by atoms with E-state index in [-0.39, 0.29) is 75.6 Å². The van der Waals surface area contributed by atoms with Crippen LogP contribution in [-0.2, 0) is 20.8 Å². The van der Waals surface area contributed by atoms with Crippen molar-refractivity contribution < 1.29 is 33.0 Å². The first-order valence-electron chi connectivity index (χ1n) is 19.2. The van der Waals surface area contributed by atoms with Gasteiger partial charge in [-0.3, -0.25) is 4.79 Å². The van der Waals surface area contributed by atoms with E-state index in [1.54, 1.807) is 23.2 Å². The third-order valence-corrected chi connectivity index (χ3v) is 16.1. The molecule has 8 unspecified atom stereocenters. The summed E-state index contributed by atoms with van der Waals surface area (Å²) < 4.78 is 41.1. The number of benzene rings is 1. The van der Waals surface area contributed by atoms with Crippen LogP contribution in [0.1, 0.15) is 109 Å². The van der Waals surface area contributed by atoms with Crippen LogP contribution in [-0.4, -0.2) is 57.8 Å². The molecule has 2 spiro atoms. The Bertz CT molecular complexity index is 1700. The van der Waals surface area contributed by atoms with Gasteiger partial charge in [0.05, 0.1) is 18.3 Å². The number of carbonyl (C=O) groups is 2. The fraction of sp³-hybridized carbons (Fsp3) is 0.690. The third-order valence-electron chi connectivity index (χ3n) is 16.1. The summed E-state index contributed by atoms with van der Waals surface area (Å²) in [7, 11) is 0. The van der Waals surface area contributed by atoms with E-state index in [0.29, 0.717) is 29.6 Å². The first kappa shape index (κ1) is 35.1. The molecule has 1 aromatic carbocycles. The molecular weight excluding hydrogens is 650 g/mol. The van der Waals surface area contributed by atoms with Crippen molar-refractivity contribution in [3.63, 3.8) is 0 Å². The number of aliphatic hydroxyl groups is 1. The molecule has 51 heavy (non-hydrogen) atoms. The molecule has 8 rings (SSSR count). The lowest BCUT2D eigenvalue weighted by molar-refractivity contribution is -0.183. The van der Waals surface area contributed by atoms with Crippen LogP contribution in [0.2, 0.25) is 0 Å². The van der Waals surface area contributed by atoms with E-state index in [2.05, 4.69) is 39.6 Å². The highest BCUT2D eigenvalue weighted by Gasteiger charge is 2.84. The molecule has 6 aliphatic rings. The fourth-order valence-corrected chi connectivity index (χ4v) is 13.9. The van der Waals surface area contributed by atoms with E-state index in [0.717, 1.165) is 51.0 Å². The largest absolute Gasteiger partial charge is 0.457 e. The fourth-order valence-electron chi connectivity index (χ4n) is 13.9. The number of esters is 1. The Labute approximate surface area is 300 Å². The monoisotopic (exact) mass is 704 g/mol. The van der Waals surface area contributed by atoms with E-state index in [4.69, 9.17) is 9.47 Å². The van der Waals surface area contributed by atoms with Gasteiger partial charge in [-0.25, -0.2) is 18.6 Å². The van der Waals surface area contributed by atoms with E-state index in [9.17, 15) is 23.5 Å². The van der Waals surface area contributed by atoms with Gasteiger partial charge in [0.25, 0.3) is 0 Å². The minimum Gasteiger partial charge on any atom is -0.457 e. The summed E-state index contributed by atoms with van der Waals surface area (Å²) in [6.07, 6.45) is 8.33. The van der Waals surface area contributed by atoms with Crippen molar-refractivity contribution in [3.05, 3.63) is 65.5 Å². The number of hydrogen-bond acceptors (Lipinski definition) is 6. The molecule has 0 bridgehead atoms. The Morgan fingerprint density at radius 3 is 2.39 bits per heavy atom. The zero-order valence-corrected chi connectivity index (χ0v) is 31.0. The van der Waals surface area contributed by atoms with Crippen molar-refractivity contribution in [1.82, 2.24) is 9.88 Å². The van der Waals surface area contributed by atoms with Crippen LogP contribution in [0, 0.1) is 62.4 Å². The summed E-state index contributed by atoms with van der Waals surface area (Å²) in [6.45, 7) is 13.6. The van der Waals surface area contributed by atoms with Crippen LogP contribution in [0.15, 0.2) is 42.6 Å². The van der Waals surface area contributed by atoms with Crippen molar-refractivity contribution in [2.75, 3.05) is 6.54 Å². The second kappa shape index (κ2) is 11.8. The average molecular weight is 705 g/mol. The van der Waals surface area contributed by atoms with Crippen LogP contribution in [0.4, 0.5) is 8.78 Å². The topological polar surface area (TPSA) is 89.0 Å². The lowest BCUT2D eigenvalue weighted by atomic mass is 9.41. The van der Waals surface area contributed by atoms with Gasteiger partial charge in [0.15, 0.2) is 0 Å². The Balaban J connectivity index is 1.02. The SMILES string of the molecule is CC(=O)N(Cc1cc(F)cc(F)c1)CC1C[C@@H](C)[C@H]2C(O1)[C@H](O)C1(C)C3CC[C@H]4C(C)(C)C(OC(=O)c5ccccn5)CCC45CC35CCC21C. The van der Waals surface area contributed by atoms with Gasteiger partial charge in [-0.05, 0) is 121 Å². The van der Waals surface area contributed by atoms with Gasteiger partial charge in [-0.1, -0.05) is 40.7 Å². The van der Waals surface area contributed by atoms with E-state index in [1.165, 1.54) is 25.5 Å². The number of pyridine rings is 1. The third kappa shape index (κ3) is 4.95. The number of halogens is 2. The van der Waals surface area contributed by atoms with Crippen LogP contribution in [0.3, 0.4) is 0 Å². The molecule has 2 heterocycles. The molecule has 9 heteroatoms. The summed E-state index contributed by atoms with van der Waals surface area (Å²) in [5.41, 5.74) is 0.512. The Hall–Kier alpha value is -2.91. The maximum absolute atomic E-state index is 14.0. The molecule has 6 fully saturated rings. The Kier molecular flexibility index (Phi) is 8.13. The number of rotatable bonds is 6. The molecular formula is C42H54F2N2O5. The Morgan fingerprint density at radius 1 is 1.00 bits per heavy atom. The average Bonchev–Trinajstić information content (AvgIpc) is 3.70. The van der Waals surface area contributed by atoms with Crippen molar-refractivity contribution in [2.24, 2.45) is 50.7 Å². The van der Waals surface area contributed by atoms with Crippen LogP contribution in [0.5, 0.6) is 0 Å². The summed E-state index contributed by atoms with van der Waals surface area (Å²) in [5.74, 6) is -0.576. The second-order valence-corrected chi connectivity index (χ2v) is 18.4. The number of aromatic nitrogens is 1. The van der Waals surface area contributed by atoms with Gasteiger partial charge in [0.1, 0.15) is 23.4 Å². The van der Waals surface area contributed by atoms with Gasteiger partial charge >= 0.3 is 5.97 Å². The van der Waals surface area contributed by atoms with Crippen LogP contribution in [0.25, 0.3) is 0 Å². The number of amides is 1. The lowest BCUT2D eigenvalue weighted by Gasteiger charge is -2.63. The first-order valence-corrected chi connectivity index (χ1v) is 19.2. The normalized spacial score (nSPS) is 43.1. The summed E-state index contributed by atoms with van der Waals surface area (Å²) in [6, 6.07) is 8.70. The number of fused-ring (bicyclic) bond motifs is 4. The number of ether oxygens (including phenoxy) is 2. The molecule has 1 saturated heterocycles. The molecule has 12 atom stereocenters. The standard InChI is InChI=1S/C42H54F2N2O5/c1-24-17-29(22-46(25(2)47)21-26-18-27(43)20-28(44)19-26)50-35-34(24)39(5)14-15-42-23-41(42)13-12-33(51-37(49)30-9-7-8-16-45-30)38(3,4)31(41)10-11-32(42)40(39,6)36(35)48/h7-9,16,18-20,24,29,31-36,48H,10-15,17,21-23H2,1-6H3/t24-,29?,31+,32?,33?,34+,35?,36+,39?,40?,41?,42?/m1/s1. The first-order chi connectivity index (χ1) is 24.1. The number of hydrogen-bond donors (Lipinski definition) is 1. The molecule has 276 valence electrons. The summed E-state index contributed by atoms with van der Waals surface area (Å²) in [4.78, 5) is 31.7. The Morgan fingerprint density at radius 2 is 1.71 bits per heavy atom. The maximum atomic E-state index is 14.0. The van der Waals surface area contributed by atoms with Gasteiger partial charge < -0.3 is 19.5 Å².